The molecule has 0 aromatic rings. The standard InChI is InChI=1S/C20H36O3/c1-4-5-6-7-8-9-10-11-12-13-14-15-16-17-19(21)23-20(22)18(2)3/h2,4-17H2,1,3H3. The molecule has 0 bridgehead atoms. The number of hydrogen-bond donors (Lipinski definition) is 0. The number of unbranched alkanes of at least 4 members (excludes halogenated alkanes) is 12. The fourth-order valence-corrected chi connectivity index (χ4v) is 2.53. The van der Waals surface area contributed by atoms with Gasteiger partial charge in [0.15, 0.2) is 0 Å². The summed E-state index contributed by atoms with van der Waals surface area (Å²) in [7, 11) is 0. The normalized spacial score (nSPS) is 10.5. The van der Waals surface area contributed by atoms with Gasteiger partial charge in [0.25, 0.3) is 0 Å². The van der Waals surface area contributed by atoms with E-state index in [2.05, 4.69) is 18.2 Å². The summed E-state index contributed by atoms with van der Waals surface area (Å²) in [5, 5.41) is 0. The Morgan fingerprint density at radius 1 is 0.739 bits per heavy atom. The molecule has 0 aliphatic heterocycles. The van der Waals surface area contributed by atoms with Crippen molar-refractivity contribution in [3.63, 3.8) is 0 Å². The summed E-state index contributed by atoms with van der Waals surface area (Å²) in [4.78, 5) is 22.5. The summed E-state index contributed by atoms with van der Waals surface area (Å²) < 4.78 is 4.64. The second kappa shape index (κ2) is 15.8. The molecule has 0 rings (SSSR count). The van der Waals surface area contributed by atoms with E-state index in [0.29, 0.717) is 6.42 Å². The average Bonchev–Trinajstić information content (AvgIpc) is 2.51. The van der Waals surface area contributed by atoms with Crippen LogP contribution in [0.5, 0.6) is 0 Å². The van der Waals surface area contributed by atoms with Crippen molar-refractivity contribution in [3.05, 3.63) is 12.2 Å². The highest BCUT2D eigenvalue weighted by Crippen LogP contribution is 2.13. The largest absolute Gasteiger partial charge is 0.390 e. The predicted octanol–water partition coefficient (Wildman–Crippen LogP) is 6.11. The molecule has 0 unspecified atom stereocenters. The Morgan fingerprint density at radius 2 is 1.13 bits per heavy atom. The lowest BCUT2D eigenvalue weighted by Gasteiger charge is -2.04. The number of carbonyl (C=O) groups is 2. The molecule has 0 fully saturated rings. The molecule has 0 heterocycles. The molecule has 134 valence electrons. The fraction of sp³-hybridized carbons (Fsp3) is 0.800. The maximum atomic E-state index is 11.4. The zero-order valence-corrected chi connectivity index (χ0v) is 15.3. The Bertz CT molecular complexity index is 334. The third-order valence-corrected chi connectivity index (χ3v) is 4.04. The molecule has 23 heavy (non-hydrogen) atoms. The van der Waals surface area contributed by atoms with E-state index >= 15 is 0 Å². The Balaban J connectivity index is 3.23. The summed E-state index contributed by atoms with van der Waals surface area (Å²) in [5.41, 5.74) is 0.267. The predicted molar refractivity (Wildman–Crippen MR) is 96.2 cm³/mol. The van der Waals surface area contributed by atoms with Crippen molar-refractivity contribution < 1.29 is 14.3 Å². The molecular weight excluding hydrogens is 288 g/mol. The van der Waals surface area contributed by atoms with E-state index in [1.807, 2.05) is 0 Å². The molecule has 0 atom stereocenters. The third-order valence-electron chi connectivity index (χ3n) is 4.04. The van der Waals surface area contributed by atoms with Crippen LogP contribution in [0, 0.1) is 0 Å². The second-order valence-electron chi connectivity index (χ2n) is 6.53. The minimum Gasteiger partial charge on any atom is -0.390 e. The molecule has 3 nitrogen and oxygen atoms in total. The molecule has 0 aliphatic carbocycles. The highest BCUT2D eigenvalue weighted by molar-refractivity contribution is 5.95. The van der Waals surface area contributed by atoms with Gasteiger partial charge in [-0.1, -0.05) is 90.6 Å². The molecule has 0 aliphatic rings. The molecule has 0 aromatic carbocycles. The van der Waals surface area contributed by atoms with Crippen LogP contribution in [0.4, 0.5) is 0 Å². The van der Waals surface area contributed by atoms with Crippen LogP contribution in [0.25, 0.3) is 0 Å². The van der Waals surface area contributed by atoms with Crippen molar-refractivity contribution >= 4 is 11.9 Å². The van der Waals surface area contributed by atoms with Crippen molar-refractivity contribution in [2.75, 3.05) is 0 Å². The van der Waals surface area contributed by atoms with E-state index in [-0.39, 0.29) is 5.57 Å². The van der Waals surface area contributed by atoms with Crippen LogP contribution in [-0.2, 0) is 14.3 Å². The molecule has 0 saturated carbocycles. The molecule has 3 heteroatoms. The summed E-state index contributed by atoms with van der Waals surface area (Å²) >= 11 is 0. The first kappa shape index (κ1) is 21.9. The first-order valence-corrected chi connectivity index (χ1v) is 9.48. The first-order valence-electron chi connectivity index (χ1n) is 9.48. The van der Waals surface area contributed by atoms with Crippen LogP contribution in [0.3, 0.4) is 0 Å². The van der Waals surface area contributed by atoms with Crippen LogP contribution in [0.2, 0.25) is 0 Å². The summed E-state index contributed by atoms with van der Waals surface area (Å²) in [5.74, 6) is -1.04. The van der Waals surface area contributed by atoms with Crippen LogP contribution in [0.1, 0.15) is 104 Å². The molecule has 0 saturated heterocycles. The number of rotatable bonds is 15. The monoisotopic (exact) mass is 324 g/mol. The fourth-order valence-electron chi connectivity index (χ4n) is 2.53. The third kappa shape index (κ3) is 15.5. The van der Waals surface area contributed by atoms with Gasteiger partial charge in [-0.25, -0.2) is 4.79 Å². The van der Waals surface area contributed by atoms with E-state index in [4.69, 9.17) is 0 Å². The van der Waals surface area contributed by atoms with Gasteiger partial charge >= 0.3 is 11.9 Å². The molecule has 0 aromatic heterocycles. The minimum atomic E-state index is -0.607. The Labute approximate surface area is 142 Å². The summed E-state index contributed by atoms with van der Waals surface area (Å²) in [6.07, 6.45) is 16.9. The maximum absolute atomic E-state index is 11.4. The van der Waals surface area contributed by atoms with Gasteiger partial charge in [0.2, 0.25) is 0 Å². The highest BCUT2D eigenvalue weighted by atomic mass is 16.6. The zero-order chi connectivity index (χ0) is 17.3. The van der Waals surface area contributed by atoms with Gasteiger partial charge in [-0.2, -0.15) is 0 Å². The van der Waals surface area contributed by atoms with Crippen LogP contribution >= 0.6 is 0 Å². The van der Waals surface area contributed by atoms with Gasteiger partial charge in [-0.05, 0) is 13.3 Å². The van der Waals surface area contributed by atoms with Gasteiger partial charge in [0.1, 0.15) is 0 Å². The number of hydrogen-bond acceptors (Lipinski definition) is 3. The van der Waals surface area contributed by atoms with Crippen molar-refractivity contribution in [3.8, 4) is 0 Å². The lowest BCUT2D eigenvalue weighted by atomic mass is 10.0. The molecule has 0 spiro atoms. The van der Waals surface area contributed by atoms with Crippen LogP contribution in [0.15, 0.2) is 12.2 Å². The van der Waals surface area contributed by atoms with Crippen LogP contribution < -0.4 is 0 Å². The Morgan fingerprint density at radius 3 is 1.52 bits per heavy atom. The topological polar surface area (TPSA) is 43.4 Å². The van der Waals surface area contributed by atoms with Gasteiger partial charge < -0.3 is 4.74 Å². The van der Waals surface area contributed by atoms with E-state index < -0.39 is 11.9 Å². The Kier molecular flexibility index (Phi) is 15.0. The molecular formula is C20H36O3. The maximum Gasteiger partial charge on any atom is 0.340 e. The second-order valence-corrected chi connectivity index (χ2v) is 6.53. The van der Waals surface area contributed by atoms with Gasteiger partial charge in [-0.3, -0.25) is 4.79 Å². The van der Waals surface area contributed by atoms with E-state index in [9.17, 15) is 9.59 Å². The number of carbonyl (C=O) groups excluding carboxylic acids is 2. The Hall–Kier alpha value is -1.12. The smallest absolute Gasteiger partial charge is 0.340 e. The van der Waals surface area contributed by atoms with E-state index in [1.54, 1.807) is 6.92 Å². The summed E-state index contributed by atoms with van der Waals surface area (Å²) in [6, 6.07) is 0. The van der Waals surface area contributed by atoms with Crippen molar-refractivity contribution in [1.29, 1.82) is 0 Å². The molecule has 0 radical (unpaired) electrons. The quantitative estimate of drug-likeness (QED) is 0.158. The SMILES string of the molecule is C=C(C)C(=O)OC(=O)CCCCCCCCCCCCCCC. The van der Waals surface area contributed by atoms with Crippen molar-refractivity contribution in [2.24, 2.45) is 0 Å². The first-order chi connectivity index (χ1) is 11.1. The number of ether oxygens (including phenoxy) is 1. The molecule has 0 amide bonds. The highest BCUT2D eigenvalue weighted by Gasteiger charge is 2.10. The van der Waals surface area contributed by atoms with Gasteiger partial charge in [0.05, 0.1) is 0 Å². The lowest BCUT2D eigenvalue weighted by molar-refractivity contribution is -0.156. The van der Waals surface area contributed by atoms with Crippen molar-refractivity contribution in [2.45, 2.75) is 104 Å². The van der Waals surface area contributed by atoms with Crippen molar-refractivity contribution in [1.82, 2.24) is 0 Å². The average molecular weight is 325 g/mol. The van der Waals surface area contributed by atoms with Crippen LogP contribution in [-0.4, -0.2) is 11.9 Å². The van der Waals surface area contributed by atoms with E-state index in [1.165, 1.54) is 64.2 Å². The number of esters is 2. The van der Waals surface area contributed by atoms with E-state index in [0.717, 1.165) is 19.3 Å². The zero-order valence-electron chi connectivity index (χ0n) is 15.3. The van der Waals surface area contributed by atoms with Gasteiger partial charge in [-0.15, -0.1) is 0 Å². The minimum absolute atomic E-state index is 0.267. The summed E-state index contributed by atoms with van der Waals surface area (Å²) in [6.45, 7) is 7.25. The van der Waals surface area contributed by atoms with Gasteiger partial charge in [0, 0.05) is 12.0 Å². The lowest BCUT2D eigenvalue weighted by Crippen LogP contribution is -2.12. The molecule has 0 N–H and O–H groups in total.